The molecule has 2 aromatic heterocycles. The number of ketones is 1. The summed E-state index contributed by atoms with van der Waals surface area (Å²) in [5.74, 6) is -0.280. The zero-order valence-electron chi connectivity index (χ0n) is 19.3. The van der Waals surface area contributed by atoms with Crippen molar-refractivity contribution in [1.82, 2.24) is 8.71 Å². The van der Waals surface area contributed by atoms with Gasteiger partial charge in [0, 0.05) is 30.4 Å². The van der Waals surface area contributed by atoms with Gasteiger partial charge in [0.15, 0.2) is 0 Å². The van der Waals surface area contributed by atoms with Gasteiger partial charge in [0.05, 0.1) is 21.1 Å². The number of nitrogens with zero attached hydrogens (tertiary/aromatic N) is 2. The van der Waals surface area contributed by atoms with Crippen molar-refractivity contribution in [2.24, 2.45) is 0 Å². The summed E-state index contributed by atoms with van der Waals surface area (Å²) in [6.45, 7) is 6.26. The number of benzene rings is 1. The van der Waals surface area contributed by atoms with Crippen molar-refractivity contribution in [2.75, 3.05) is 13.1 Å². The summed E-state index contributed by atoms with van der Waals surface area (Å²) in [6, 6.07) is 10.3. The van der Waals surface area contributed by atoms with Crippen LogP contribution in [0.15, 0.2) is 53.6 Å². The Morgan fingerprint density at radius 2 is 1.88 bits per heavy atom. The predicted molar refractivity (Wildman–Crippen MR) is 134 cm³/mol. The Balaban J connectivity index is 1.89. The lowest BCUT2D eigenvalue weighted by Crippen LogP contribution is -2.30. The number of sulfonamides is 1. The van der Waals surface area contributed by atoms with Gasteiger partial charge in [-0.25, -0.2) is 8.42 Å². The second kappa shape index (κ2) is 9.45. The van der Waals surface area contributed by atoms with Crippen LogP contribution in [0.5, 0.6) is 0 Å². The molecule has 0 unspecified atom stereocenters. The molecule has 0 atom stereocenters. The van der Waals surface area contributed by atoms with Crippen LogP contribution in [0, 0.1) is 6.92 Å². The van der Waals surface area contributed by atoms with Crippen LogP contribution < -0.4 is 0 Å². The molecule has 4 rings (SSSR count). The lowest BCUT2D eigenvalue weighted by Gasteiger charge is -2.19. The van der Waals surface area contributed by atoms with E-state index >= 15 is 0 Å². The Labute approximate surface area is 200 Å². The lowest BCUT2D eigenvalue weighted by molar-refractivity contribution is 0.103. The first-order valence-electron chi connectivity index (χ1n) is 11.4. The van der Waals surface area contributed by atoms with Gasteiger partial charge in [-0.1, -0.05) is 37.6 Å². The fourth-order valence-electron chi connectivity index (χ4n) is 4.76. The molecule has 0 radical (unpaired) electrons. The number of halogens is 1. The van der Waals surface area contributed by atoms with Crippen molar-refractivity contribution >= 4 is 38.5 Å². The number of carbonyl (C=O) groups excluding carboxylic acids is 1. The van der Waals surface area contributed by atoms with Crippen molar-refractivity contribution < 1.29 is 13.2 Å². The minimum absolute atomic E-state index is 0.0766. The highest BCUT2D eigenvalue weighted by molar-refractivity contribution is 7.89. The van der Waals surface area contributed by atoms with Crippen molar-refractivity contribution in [3.05, 3.63) is 76.1 Å². The molecule has 174 valence electrons. The molecule has 1 aromatic carbocycles. The summed E-state index contributed by atoms with van der Waals surface area (Å²) in [4.78, 5) is 13.9. The topological polar surface area (TPSA) is 58.9 Å². The van der Waals surface area contributed by atoms with Crippen LogP contribution in [0.25, 0.3) is 11.1 Å². The van der Waals surface area contributed by atoms with Gasteiger partial charge in [-0.3, -0.25) is 4.79 Å². The van der Waals surface area contributed by atoms with E-state index in [2.05, 4.69) is 6.08 Å². The normalized spacial score (nSPS) is 14.6. The minimum Gasteiger partial charge on any atom is -0.313 e. The minimum atomic E-state index is -3.71. The first-order valence-corrected chi connectivity index (χ1v) is 13.3. The van der Waals surface area contributed by atoms with Crippen LogP contribution in [0.1, 0.15) is 66.7 Å². The average molecular weight is 485 g/mol. The lowest BCUT2D eigenvalue weighted by atomic mass is 9.91. The Morgan fingerprint density at radius 1 is 1.12 bits per heavy atom. The summed E-state index contributed by atoms with van der Waals surface area (Å²) in [5, 5.41) is 0.238. The molecule has 7 heteroatoms. The van der Waals surface area contributed by atoms with E-state index in [1.807, 2.05) is 35.7 Å². The fourth-order valence-corrected chi connectivity index (χ4v) is 6.45. The van der Waals surface area contributed by atoms with E-state index in [1.165, 1.54) is 34.5 Å². The van der Waals surface area contributed by atoms with Gasteiger partial charge in [-0.05, 0) is 74.1 Å². The van der Waals surface area contributed by atoms with Gasteiger partial charge in [-0.2, -0.15) is 4.31 Å². The van der Waals surface area contributed by atoms with Crippen molar-refractivity contribution in [3.63, 3.8) is 0 Å². The number of hydrogen-bond donors (Lipinski definition) is 0. The molecule has 1 aliphatic carbocycles. The second-order valence-electron chi connectivity index (χ2n) is 8.34. The summed E-state index contributed by atoms with van der Waals surface area (Å²) in [6.07, 6.45) is 8.50. The third-order valence-corrected chi connectivity index (χ3v) is 8.82. The molecule has 0 N–H and O–H groups in total. The molecule has 1 aliphatic rings. The number of pyridine rings is 1. The van der Waals surface area contributed by atoms with Crippen molar-refractivity contribution in [3.8, 4) is 0 Å². The Kier molecular flexibility index (Phi) is 6.80. The van der Waals surface area contributed by atoms with Crippen LogP contribution in [-0.4, -0.2) is 36.0 Å². The van der Waals surface area contributed by atoms with Crippen LogP contribution in [0.3, 0.4) is 0 Å². The standard InChI is InChI=1S/C26H29ClN2O3S/c1-4-28(5-2)33(31,32)20-14-15-22(27)21(17-20)26(30)25-18(3)24(19-11-7-6-8-12-19)23-13-9-10-16-29(23)25/h9-11,13-17H,4-8,12H2,1-3H3. The molecule has 0 aliphatic heterocycles. The van der Waals surface area contributed by atoms with E-state index < -0.39 is 10.0 Å². The number of fused-ring (bicyclic) bond motifs is 1. The summed E-state index contributed by atoms with van der Waals surface area (Å²) in [7, 11) is -3.71. The molecule has 0 fully saturated rings. The van der Waals surface area contributed by atoms with E-state index in [1.54, 1.807) is 13.8 Å². The molecule has 0 bridgehead atoms. The van der Waals surface area contributed by atoms with Gasteiger partial charge in [0.2, 0.25) is 15.8 Å². The highest BCUT2D eigenvalue weighted by Crippen LogP contribution is 2.36. The maximum atomic E-state index is 13.9. The molecule has 33 heavy (non-hydrogen) atoms. The number of hydrogen-bond acceptors (Lipinski definition) is 3. The number of aromatic nitrogens is 1. The molecule has 0 saturated heterocycles. The van der Waals surface area contributed by atoms with Gasteiger partial charge < -0.3 is 4.40 Å². The molecule has 5 nitrogen and oxygen atoms in total. The SMILES string of the molecule is CCN(CC)S(=O)(=O)c1ccc(Cl)c(C(=O)c2c(C)c(C3=CCCCC3)c3ccccn23)c1. The fraction of sp³-hybridized carbons (Fsp3) is 0.346. The van der Waals surface area contributed by atoms with Crippen LogP contribution >= 0.6 is 11.6 Å². The Morgan fingerprint density at radius 3 is 2.55 bits per heavy atom. The van der Waals surface area contributed by atoms with E-state index in [0.29, 0.717) is 18.8 Å². The van der Waals surface area contributed by atoms with Crippen molar-refractivity contribution in [2.45, 2.75) is 51.3 Å². The summed E-state index contributed by atoms with van der Waals surface area (Å²) >= 11 is 6.45. The molecular formula is C26H29ClN2O3S. The van der Waals surface area contributed by atoms with Gasteiger partial charge >= 0.3 is 0 Å². The van der Waals surface area contributed by atoms with Gasteiger partial charge in [-0.15, -0.1) is 0 Å². The third kappa shape index (κ3) is 4.16. The molecule has 0 saturated carbocycles. The number of rotatable bonds is 7. The molecular weight excluding hydrogens is 456 g/mol. The molecule has 0 spiro atoms. The third-order valence-electron chi connectivity index (χ3n) is 6.44. The monoisotopic (exact) mass is 484 g/mol. The molecule has 3 aromatic rings. The van der Waals surface area contributed by atoms with Crippen LogP contribution in [0.2, 0.25) is 5.02 Å². The number of carbonyl (C=O) groups is 1. The highest BCUT2D eigenvalue weighted by atomic mass is 35.5. The zero-order valence-corrected chi connectivity index (χ0v) is 20.8. The average Bonchev–Trinajstić information content (AvgIpc) is 3.11. The zero-order chi connectivity index (χ0) is 23.8. The molecule has 2 heterocycles. The van der Waals surface area contributed by atoms with Crippen molar-refractivity contribution in [1.29, 1.82) is 0 Å². The summed E-state index contributed by atoms with van der Waals surface area (Å²) < 4.78 is 29.4. The van der Waals surface area contributed by atoms with Crippen LogP contribution in [0.4, 0.5) is 0 Å². The van der Waals surface area contributed by atoms with E-state index in [-0.39, 0.29) is 21.3 Å². The summed E-state index contributed by atoms with van der Waals surface area (Å²) in [5.41, 5.74) is 4.96. The van der Waals surface area contributed by atoms with E-state index in [9.17, 15) is 13.2 Å². The largest absolute Gasteiger partial charge is 0.313 e. The van der Waals surface area contributed by atoms with E-state index in [4.69, 9.17) is 11.6 Å². The molecule has 0 amide bonds. The Hall–Kier alpha value is -2.41. The quantitative estimate of drug-likeness (QED) is 0.379. The van der Waals surface area contributed by atoms with E-state index in [0.717, 1.165) is 35.9 Å². The second-order valence-corrected chi connectivity index (χ2v) is 10.7. The Bertz CT molecular complexity index is 1350. The van der Waals surface area contributed by atoms with Crippen LogP contribution in [-0.2, 0) is 10.0 Å². The first kappa shape index (κ1) is 23.7. The highest BCUT2D eigenvalue weighted by Gasteiger charge is 2.28. The first-order chi connectivity index (χ1) is 15.8. The maximum absolute atomic E-state index is 13.9. The maximum Gasteiger partial charge on any atom is 0.243 e. The smallest absolute Gasteiger partial charge is 0.243 e. The number of allylic oxidation sites excluding steroid dienone is 2. The van der Waals surface area contributed by atoms with Gasteiger partial charge in [0.25, 0.3) is 0 Å². The van der Waals surface area contributed by atoms with Gasteiger partial charge in [0.1, 0.15) is 0 Å². The predicted octanol–water partition coefficient (Wildman–Crippen LogP) is 6.12.